The minimum atomic E-state index is -1.14. The zero-order valence-corrected chi connectivity index (χ0v) is 13.4. The van der Waals surface area contributed by atoms with Crippen molar-refractivity contribution in [3.8, 4) is 0 Å². The van der Waals surface area contributed by atoms with Gasteiger partial charge in [0.15, 0.2) is 0 Å². The number of anilines is 1. The number of para-hydroxylation sites is 1. The van der Waals surface area contributed by atoms with E-state index in [2.05, 4.69) is 0 Å². The summed E-state index contributed by atoms with van der Waals surface area (Å²) in [6.07, 6.45) is 2.74. The number of aromatic carboxylic acids is 1. The molecule has 0 saturated carbocycles. The lowest BCUT2D eigenvalue weighted by atomic mass is 9.78. The standard InChI is InChI=1S/C16H22N2O4/c1-15(2)9-6-10-16(3,4)17(15)13-11(14(19)20)7-5-8-12(13)18(21)22/h5,7-8H,6,9-10H2,1-4H3,(H,19,20). The Hall–Kier alpha value is -2.11. The van der Waals surface area contributed by atoms with E-state index in [1.807, 2.05) is 32.6 Å². The van der Waals surface area contributed by atoms with E-state index in [1.165, 1.54) is 18.2 Å². The summed E-state index contributed by atoms with van der Waals surface area (Å²) in [5, 5.41) is 20.9. The van der Waals surface area contributed by atoms with Gasteiger partial charge in [0.2, 0.25) is 0 Å². The molecular formula is C16H22N2O4. The molecule has 0 radical (unpaired) electrons. The van der Waals surface area contributed by atoms with E-state index in [0.717, 1.165) is 19.3 Å². The van der Waals surface area contributed by atoms with Crippen molar-refractivity contribution in [2.24, 2.45) is 0 Å². The molecule has 0 spiro atoms. The highest BCUT2D eigenvalue weighted by Gasteiger charge is 2.45. The molecule has 0 aromatic heterocycles. The molecule has 22 heavy (non-hydrogen) atoms. The molecular weight excluding hydrogens is 284 g/mol. The van der Waals surface area contributed by atoms with Crippen LogP contribution in [0, 0.1) is 10.1 Å². The molecule has 1 aliphatic rings. The summed E-state index contributed by atoms with van der Waals surface area (Å²) in [4.78, 5) is 24.5. The number of rotatable bonds is 3. The van der Waals surface area contributed by atoms with Gasteiger partial charge in [-0.2, -0.15) is 0 Å². The van der Waals surface area contributed by atoms with Gasteiger partial charge in [-0.15, -0.1) is 0 Å². The van der Waals surface area contributed by atoms with Crippen molar-refractivity contribution >= 4 is 17.3 Å². The zero-order chi connectivity index (χ0) is 16.7. The Bertz CT molecular complexity index is 574. The van der Waals surface area contributed by atoms with Gasteiger partial charge in [-0.3, -0.25) is 10.1 Å². The normalized spacial score (nSPS) is 19.7. The van der Waals surface area contributed by atoms with E-state index in [9.17, 15) is 20.0 Å². The van der Waals surface area contributed by atoms with Crippen LogP contribution in [0.2, 0.25) is 0 Å². The van der Waals surface area contributed by atoms with E-state index < -0.39 is 10.9 Å². The number of nitro benzene ring substituents is 1. The average molecular weight is 306 g/mol. The maximum atomic E-state index is 11.6. The lowest BCUT2D eigenvalue weighted by molar-refractivity contribution is -0.384. The van der Waals surface area contributed by atoms with E-state index in [1.54, 1.807) is 0 Å². The highest BCUT2D eigenvalue weighted by atomic mass is 16.6. The van der Waals surface area contributed by atoms with Crippen molar-refractivity contribution in [3.05, 3.63) is 33.9 Å². The molecule has 1 fully saturated rings. The Morgan fingerprint density at radius 2 is 1.77 bits per heavy atom. The highest BCUT2D eigenvalue weighted by Crippen LogP contribution is 2.46. The molecule has 1 N–H and O–H groups in total. The summed E-state index contributed by atoms with van der Waals surface area (Å²) in [5.74, 6) is -1.14. The Kier molecular flexibility index (Phi) is 3.89. The number of carboxylic acid groups (broad SMARTS) is 1. The topological polar surface area (TPSA) is 83.7 Å². The van der Waals surface area contributed by atoms with Crippen LogP contribution < -0.4 is 4.90 Å². The van der Waals surface area contributed by atoms with Gasteiger partial charge >= 0.3 is 5.97 Å². The molecule has 1 saturated heterocycles. The van der Waals surface area contributed by atoms with Gasteiger partial charge in [0.05, 0.1) is 10.5 Å². The number of nitro groups is 1. The zero-order valence-electron chi connectivity index (χ0n) is 13.4. The van der Waals surface area contributed by atoms with Crippen molar-refractivity contribution in [2.45, 2.75) is 58.0 Å². The largest absolute Gasteiger partial charge is 0.478 e. The number of benzene rings is 1. The van der Waals surface area contributed by atoms with Crippen molar-refractivity contribution in [1.82, 2.24) is 0 Å². The summed E-state index contributed by atoms with van der Waals surface area (Å²) >= 11 is 0. The molecule has 1 aromatic carbocycles. The van der Waals surface area contributed by atoms with Crippen LogP contribution in [0.15, 0.2) is 18.2 Å². The first-order valence-electron chi connectivity index (χ1n) is 7.39. The monoisotopic (exact) mass is 306 g/mol. The van der Waals surface area contributed by atoms with Crippen LogP contribution in [-0.4, -0.2) is 27.1 Å². The van der Waals surface area contributed by atoms with E-state index in [0.29, 0.717) is 0 Å². The first-order valence-corrected chi connectivity index (χ1v) is 7.39. The number of hydrogen-bond donors (Lipinski definition) is 1. The Morgan fingerprint density at radius 3 is 2.23 bits per heavy atom. The smallest absolute Gasteiger partial charge is 0.338 e. The van der Waals surface area contributed by atoms with Gasteiger partial charge in [0, 0.05) is 17.1 Å². The molecule has 6 heteroatoms. The minimum absolute atomic E-state index is 0.0164. The van der Waals surface area contributed by atoms with E-state index in [4.69, 9.17) is 0 Å². The van der Waals surface area contributed by atoms with Gasteiger partial charge in [-0.1, -0.05) is 6.07 Å². The summed E-state index contributed by atoms with van der Waals surface area (Å²) in [6, 6.07) is 4.24. The third kappa shape index (κ3) is 2.65. The third-order valence-electron chi connectivity index (χ3n) is 4.45. The fraction of sp³-hybridized carbons (Fsp3) is 0.562. The van der Waals surface area contributed by atoms with Gasteiger partial charge in [0.1, 0.15) is 5.69 Å². The van der Waals surface area contributed by atoms with Gasteiger partial charge in [-0.25, -0.2) is 4.79 Å². The minimum Gasteiger partial charge on any atom is -0.478 e. The van der Waals surface area contributed by atoms with Crippen LogP contribution >= 0.6 is 0 Å². The Labute approximate surface area is 129 Å². The summed E-state index contributed by atoms with van der Waals surface area (Å²) in [5.41, 5.74) is -0.647. The summed E-state index contributed by atoms with van der Waals surface area (Å²) in [7, 11) is 0. The quantitative estimate of drug-likeness (QED) is 0.677. The van der Waals surface area contributed by atoms with Crippen LogP contribution in [-0.2, 0) is 0 Å². The van der Waals surface area contributed by atoms with Crippen molar-refractivity contribution in [1.29, 1.82) is 0 Å². The molecule has 0 atom stereocenters. The predicted octanol–water partition coefficient (Wildman–Crippen LogP) is 3.84. The lowest BCUT2D eigenvalue weighted by Gasteiger charge is -2.54. The molecule has 0 amide bonds. The number of carboxylic acids is 1. The van der Waals surface area contributed by atoms with Gasteiger partial charge in [-0.05, 0) is 53.0 Å². The van der Waals surface area contributed by atoms with E-state index >= 15 is 0 Å². The molecule has 0 unspecified atom stereocenters. The van der Waals surface area contributed by atoms with Crippen molar-refractivity contribution in [2.75, 3.05) is 4.90 Å². The molecule has 2 rings (SSSR count). The van der Waals surface area contributed by atoms with Crippen LogP contribution in [0.5, 0.6) is 0 Å². The number of nitrogens with zero attached hydrogens (tertiary/aromatic N) is 2. The van der Waals surface area contributed by atoms with Gasteiger partial charge in [0.25, 0.3) is 5.69 Å². The van der Waals surface area contributed by atoms with Crippen LogP contribution in [0.3, 0.4) is 0 Å². The second kappa shape index (κ2) is 5.26. The predicted molar refractivity (Wildman–Crippen MR) is 84.5 cm³/mol. The maximum Gasteiger partial charge on any atom is 0.338 e. The van der Waals surface area contributed by atoms with Crippen molar-refractivity contribution < 1.29 is 14.8 Å². The Balaban J connectivity index is 2.77. The molecule has 0 bridgehead atoms. The lowest BCUT2D eigenvalue weighted by Crippen LogP contribution is -2.59. The number of piperidine rings is 1. The maximum absolute atomic E-state index is 11.6. The van der Waals surface area contributed by atoms with E-state index in [-0.39, 0.29) is 28.0 Å². The summed E-state index contributed by atoms with van der Waals surface area (Å²) < 4.78 is 0. The first kappa shape index (κ1) is 16.3. The SMILES string of the molecule is CC1(C)CCCC(C)(C)N1c1c(C(=O)O)cccc1[N+](=O)[O-]. The second-order valence-corrected chi connectivity index (χ2v) is 7.05. The fourth-order valence-corrected chi connectivity index (χ4v) is 3.69. The fourth-order valence-electron chi connectivity index (χ4n) is 3.69. The Morgan fingerprint density at radius 1 is 1.23 bits per heavy atom. The van der Waals surface area contributed by atoms with Crippen LogP contribution in [0.4, 0.5) is 11.4 Å². The molecule has 6 nitrogen and oxygen atoms in total. The second-order valence-electron chi connectivity index (χ2n) is 7.05. The molecule has 1 aromatic rings. The number of hydrogen-bond acceptors (Lipinski definition) is 4. The van der Waals surface area contributed by atoms with Crippen molar-refractivity contribution in [3.63, 3.8) is 0 Å². The third-order valence-corrected chi connectivity index (χ3v) is 4.45. The van der Waals surface area contributed by atoms with Crippen LogP contribution in [0.25, 0.3) is 0 Å². The number of carbonyl (C=O) groups is 1. The average Bonchev–Trinajstić information content (AvgIpc) is 2.36. The molecule has 120 valence electrons. The van der Waals surface area contributed by atoms with Crippen LogP contribution in [0.1, 0.15) is 57.3 Å². The summed E-state index contributed by atoms with van der Waals surface area (Å²) in [6.45, 7) is 8.04. The first-order chi connectivity index (χ1) is 10.1. The van der Waals surface area contributed by atoms with Gasteiger partial charge < -0.3 is 10.0 Å². The molecule has 1 heterocycles. The molecule has 0 aliphatic carbocycles. The molecule has 1 aliphatic heterocycles. The highest BCUT2D eigenvalue weighted by molar-refractivity contribution is 5.97.